The minimum absolute atomic E-state index is 0.377. The standard InChI is InChI=1S/C49H29N7O2P2.C21H13Br2N3.C14H8N2OP/c50-30-34-6-18-41(19-7-34)59(57,42-20-8-35(31-51)9-21-42)45-26-14-39(15-27-45)48-54-47(38-4-2-1-3-5-38)55-49(56-48)40-16-28-46(29-17-40)60(58,43-22-10-36(32-52)11-23-43)44-24-12-37(33-53)13-25-44;22-17-10-6-15(7-11-17)20-24-19(14-4-2-1-3-5-14)25-21(26-20)16-8-12-18(23)13-9-16;15-9-11-1-5-13(6-2-11)18(17)14-7-3-12(10-16)4-8-14/h1-29H;1-13H;1-8H/q;;+1. The van der Waals surface area contributed by atoms with E-state index in [0.717, 1.165) is 31.2 Å². The van der Waals surface area contributed by atoms with Gasteiger partial charge in [-0.15, -0.1) is 0 Å². The summed E-state index contributed by atoms with van der Waals surface area (Å²) in [5.74, 6) is 3.17. The number of benzene rings is 12. The summed E-state index contributed by atoms with van der Waals surface area (Å²) < 4.78 is 44.7. The second kappa shape index (κ2) is 32.6. The molecule has 2 heterocycles. The van der Waals surface area contributed by atoms with Crippen molar-refractivity contribution in [3.05, 3.63) is 346 Å². The van der Waals surface area contributed by atoms with Crippen molar-refractivity contribution >= 4 is 96.4 Å². The first-order chi connectivity index (χ1) is 50.7. The van der Waals surface area contributed by atoms with Crippen molar-refractivity contribution in [2.75, 3.05) is 0 Å². The van der Waals surface area contributed by atoms with Gasteiger partial charge >= 0.3 is 7.80 Å². The Kier molecular flexibility index (Phi) is 22.3. The molecule has 0 atom stereocenters. The van der Waals surface area contributed by atoms with Crippen LogP contribution >= 0.6 is 53.9 Å². The molecule has 0 N–H and O–H groups in total. The highest BCUT2D eigenvalue weighted by Gasteiger charge is 2.32. The molecule has 0 amide bonds. The fourth-order valence-corrected chi connectivity index (χ4v) is 17.8. The molecule has 104 heavy (non-hydrogen) atoms. The summed E-state index contributed by atoms with van der Waals surface area (Å²) in [4.78, 5) is 28.7. The van der Waals surface area contributed by atoms with Crippen LogP contribution in [0.5, 0.6) is 0 Å². The molecule has 0 unspecified atom stereocenters. The minimum Gasteiger partial charge on any atom is -0.309 e. The maximum Gasteiger partial charge on any atom is 0.415 e. The highest BCUT2D eigenvalue weighted by molar-refractivity contribution is 9.10. The molecule has 0 aliphatic heterocycles. The van der Waals surface area contributed by atoms with Gasteiger partial charge in [-0.25, -0.2) is 29.9 Å². The first-order valence-corrected chi connectivity index (χ1v) is 38.0. The van der Waals surface area contributed by atoms with Gasteiger partial charge in [-0.1, -0.05) is 170 Å². The zero-order valence-corrected chi connectivity index (χ0v) is 60.4. The van der Waals surface area contributed by atoms with Crippen LogP contribution in [0.4, 0.5) is 0 Å². The molecule has 0 radical (unpaired) electrons. The SMILES string of the molecule is Brc1ccc(-c2nc(-c3ccccc3)nc(-c3ccc(Br)cc3)n2)cc1.N#Cc1ccc(P(=O)(c2ccc(C#N)cc2)c2ccc(-c3nc(-c4ccccc4)nc(-c4ccc(P(=O)(c5ccc(C#N)cc5)c5ccc(C#N)cc5)cc4)n3)cc2)cc1.N#Cc1ccc([P+](=O)c2ccc(C#N)cc2)cc1. The minimum atomic E-state index is -3.46. The van der Waals surface area contributed by atoms with E-state index in [1.165, 1.54) is 0 Å². The summed E-state index contributed by atoms with van der Waals surface area (Å²) in [5, 5.41) is 59.6. The highest BCUT2D eigenvalue weighted by Crippen LogP contribution is 2.45. The van der Waals surface area contributed by atoms with Crippen molar-refractivity contribution < 1.29 is 13.7 Å². The normalized spacial score (nSPS) is 10.7. The lowest BCUT2D eigenvalue weighted by Crippen LogP contribution is -2.25. The van der Waals surface area contributed by atoms with Crippen LogP contribution in [0.25, 0.3) is 68.3 Å². The Bertz CT molecular complexity index is 5410. The first kappa shape index (κ1) is 71.0. The number of hydrogen-bond acceptors (Lipinski definition) is 15. The molecule has 2 aromatic heterocycles. The fraction of sp³-hybridized carbons (Fsp3) is 0. The molecule has 20 heteroatoms. The summed E-state index contributed by atoms with van der Waals surface area (Å²) in [6.07, 6.45) is 0. The molecule has 0 fully saturated rings. The van der Waals surface area contributed by atoms with Crippen LogP contribution in [0.3, 0.4) is 0 Å². The average molecular weight is 1530 g/mol. The number of aromatic nitrogens is 6. The van der Waals surface area contributed by atoms with Crippen molar-refractivity contribution in [2.45, 2.75) is 0 Å². The van der Waals surface area contributed by atoms with Crippen LogP contribution in [0.2, 0.25) is 0 Å². The van der Waals surface area contributed by atoms with Gasteiger partial charge in [-0.05, 0) is 170 Å². The van der Waals surface area contributed by atoms with Crippen molar-refractivity contribution in [3.63, 3.8) is 0 Å². The largest absolute Gasteiger partial charge is 0.415 e. The van der Waals surface area contributed by atoms with E-state index in [1.807, 2.05) is 146 Å². The Labute approximate surface area is 617 Å². The zero-order chi connectivity index (χ0) is 72.6. The number of nitrogens with zero attached hydrogens (tertiary/aromatic N) is 12. The third-order valence-corrected chi connectivity index (χ3v) is 25.2. The van der Waals surface area contributed by atoms with E-state index in [4.69, 9.17) is 40.4 Å². The third kappa shape index (κ3) is 16.1. The van der Waals surface area contributed by atoms with Crippen LogP contribution in [0.15, 0.2) is 312 Å². The van der Waals surface area contributed by atoms with Crippen LogP contribution in [0.1, 0.15) is 33.4 Å². The van der Waals surface area contributed by atoms with Gasteiger partial charge in [-0.3, -0.25) is 0 Å². The molecule has 492 valence electrons. The maximum atomic E-state index is 15.2. The predicted octanol–water partition coefficient (Wildman–Crippen LogP) is 16.2. The van der Waals surface area contributed by atoms with Gasteiger partial charge in [0, 0.05) is 74.2 Å². The van der Waals surface area contributed by atoms with Gasteiger partial charge in [-0.2, -0.15) is 31.6 Å². The molecule has 14 aromatic rings. The second-order valence-corrected chi connectivity index (χ2v) is 31.9. The summed E-state index contributed by atoms with van der Waals surface area (Å²) in [6.45, 7) is 0. The van der Waals surface area contributed by atoms with Crippen molar-refractivity contribution in [3.8, 4) is 105 Å². The molecule has 0 spiro atoms. The Hall–Kier alpha value is -12.9. The lowest BCUT2D eigenvalue weighted by atomic mass is 10.1. The smallest absolute Gasteiger partial charge is 0.309 e. The van der Waals surface area contributed by atoms with E-state index in [2.05, 4.69) is 56.1 Å². The lowest BCUT2D eigenvalue weighted by Gasteiger charge is -2.20. The summed E-state index contributed by atoms with van der Waals surface area (Å²) in [7, 11) is -8.59. The van der Waals surface area contributed by atoms with Gasteiger partial charge in [0.15, 0.2) is 59.8 Å². The van der Waals surface area contributed by atoms with Gasteiger partial charge in [0.05, 0.1) is 69.8 Å². The molecule has 0 bridgehead atoms. The van der Waals surface area contributed by atoms with Crippen LogP contribution in [-0.2, 0) is 13.7 Å². The van der Waals surface area contributed by atoms with E-state index in [0.29, 0.717) is 122 Å². The average Bonchev–Trinajstić information content (AvgIpc) is 0.786. The molecule has 0 aliphatic carbocycles. The highest BCUT2D eigenvalue weighted by atomic mass is 79.9. The number of hydrogen-bond donors (Lipinski definition) is 0. The third-order valence-electron chi connectivity index (χ3n) is 16.4. The van der Waals surface area contributed by atoms with Crippen LogP contribution in [-0.4, -0.2) is 29.9 Å². The fourth-order valence-electron chi connectivity index (χ4n) is 10.9. The predicted molar refractivity (Wildman–Crippen MR) is 415 cm³/mol. The Morgan fingerprint density at radius 3 is 0.615 bits per heavy atom. The Balaban J connectivity index is 0.000000187. The topological polar surface area (TPSA) is 271 Å². The van der Waals surface area contributed by atoms with Crippen molar-refractivity contribution in [2.24, 2.45) is 0 Å². The number of rotatable bonds is 14. The zero-order valence-electron chi connectivity index (χ0n) is 54.6. The van der Waals surface area contributed by atoms with E-state index in [9.17, 15) is 25.6 Å². The maximum absolute atomic E-state index is 15.2. The van der Waals surface area contributed by atoms with Gasteiger partial charge in [0.2, 0.25) is 0 Å². The van der Waals surface area contributed by atoms with Crippen molar-refractivity contribution in [1.29, 1.82) is 31.6 Å². The summed E-state index contributed by atoms with van der Waals surface area (Å²) in [5.41, 5.74) is 7.80. The van der Waals surface area contributed by atoms with E-state index < -0.39 is 22.1 Å². The van der Waals surface area contributed by atoms with E-state index in [1.54, 1.807) is 170 Å². The van der Waals surface area contributed by atoms with Crippen LogP contribution < -0.4 is 42.4 Å². The Morgan fingerprint density at radius 1 is 0.240 bits per heavy atom. The number of halogens is 2. The monoisotopic (exact) mass is 1530 g/mol. The quantitative estimate of drug-likeness (QED) is 0.0916. The molecule has 15 nitrogen and oxygen atoms in total. The molecule has 14 rings (SSSR count). The molecular weight excluding hydrogens is 1480 g/mol. The molecule has 0 saturated heterocycles. The summed E-state index contributed by atoms with van der Waals surface area (Å²) >= 11 is 6.94. The number of nitriles is 6. The molecule has 0 saturated carbocycles. The Morgan fingerprint density at radius 2 is 0.413 bits per heavy atom. The lowest BCUT2D eigenvalue weighted by molar-refractivity contribution is 0.591. The second-order valence-electron chi connectivity index (χ2n) is 22.9. The molecule has 12 aromatic carbocycles. The summed E-state index contributed by atoms with van der Waals surface area (Å²) in [6, 6.07) is 102. The molecule has 0 aliphatic rings. The van der Waals surface area contributed by atoms with Gasteiger partial charge in [0.25, 0.3) is 0 Å². The first-order valence-electron chi connectivity index (χ1n) is 31.8. The van der Waals surface area contributed by atoms with Crippen LogP contribution in [0, 0.1) is 68.0 Å². The van der Waals surface area contributed by atoms with Gasteiger partial charge < -0.3 is 9.13 Å². The molecular formula is C84H50Br2N12O3P3+. The van der Waals surface area contributed by atoms with E-state index >= 15 is 9.13 Å². The van der Waals surface area contributed by atoms with E-state index in [-0.39, 0.29) is 0 Å². The van der Waals surface area contributed by atoms with Gasteiger partial charge in [0.1, 0.15) is 0 Å². The van der Waals surface area contributed by atoms with Crippen molar-refractivity contribution in [1.82, 2.24) is 29.9 Å².